The van der Waals surface area contributed by atoms with Gasteiger partial charge in [-0.3, -0.25) is 4.79 Å². The predicted octanol–water partition coefficient (Wildman–Crippen LogP) is 0.755. The Morgan fingerprint density at radius 1 is 1.39 bits per heavy atom. The van der Waals surface area contributed by atoms with E-state index in [-0.39, 0.29) is 24.4 Å². The van der Waals surface area contributed by atoms with Gasteiger partial charge in [0.25, 0.3) is 0 Å². The van der Waals surface area contributed by atoms with Crippen molar-refractivity contribution in [1.29, 1.82) is 0 Å². The molecule has 1 aromatic rings. The summed E-state index contributed by atoms with van der Waals surface area (Å²) in [4.78, 5) is 11.7. The van der Waals surface area contributed by atoms with Crippen molar-refractivity contribution >= 4 is 18.3 Å². The number of morpholine rings is 1. The average Bonchev–Trinajstić information content (AvgIpc) is 2.41. The maximum absolute atomic E-state index is 11.7. The Labute approximate surface area is 114 Å². The van der Waals surface area contributed by atoms with Gasteiger partial charge >= 0.3 is 0 Å². The largest absolute Gasteiger partial charge is 0.366 e. The smallest absolute Gasteiger partial charge is 0.250 e. The average molecular weight is 271 g/mol. The molecule has 0 spiro atoms. The Bertz CT molecular complexity index is 353. The van der Waals surface area contributed by atoms with Gasteiger partial charge in [0, 0.05) is 19.6 Å². The molecular formula is C13H19ClN2O2. The van der Waals surface area contributed by atoms with E-state index in [0.29, 0.717) is 19.7 Å². The molecule has 18 heavy (non-hydrogen) atoms. The number of hydrogen-bond donors (Lipinski definition) is 2. The van der Waals surface area contributed by atoms with Crippen molar-refractivity contribution in [3.63, 3.8) is 0 Å². The van der Waals surface area contributed by atoms with E-state index in [1.165, 1.54) is 5.56 Å². The summed E-state index contributed by atoms with van der Waals surface area (Å²) < 4.78 is 5.37. The minimum Gasteiger partial charge on any atom is -0.366 e. The lowest BCUT2D eigenvalue weighted by Gasteiger charge is -2.22. The summed E-state index contributed by atoms with van der Waals surface area (Å²) in [6.45, 7) is 2.70. The van der Waals surface area contributed by atoms with Gasteiger partial charge in [0.1, 0.15) is 6.10 Å². The van der Waals surface area contributed by atoms with Crippen LogP contribution in [0.4, 0.5) is 0 Å². The number of hydrogen-bond acceptors (Lipinski definition) is 3. The lowest BCUT2D eigenvalue weighted by molar-refractivity contribution is -0.134. The molecule has 1 unspecified atom stereocenters. The van der Waals surface area contributed by atoms with Gasteiger partial charge in [0.2, 0.25) is 5.91 Å². The van der Waals surface area contributed by atoms with Crippen molar-refractivity contribution in [2.45, 2.75) is 12.5 Å². The topological polar surface area (TPSA) is 50.4 Å². The van der Waals surface area contributed by atoms with E-state index < -0.39 is 0 Å². The Balaban J connectivity index is 0.00000162. The first-order valence-corrected chi connectivity index (χ1v) is 6.00. The van der Waals surface area contributed by atoms with Crippen LogP contribution in [0.5, 0.6) is 0 Å². The van der Waals surface area contributed by atoms with Crippen LogP contribution < -0.4 is 10.6 Å². The van der Waals surface area contributed by atoms with Crippen molar-refractivity contribution in [1.82, 2.24) is 10.6 Å². The van der Waals surface area contributed by atoms with Crippen LogP contribution in [0.25, 0.3) is 0 Å². The molecule has 0 bridgehead atoms. The second-order valence-electron chi connectivity index (χ2n) is 4.09. The molecule has 1 heterocycles. The second kappa shape index (κ2) is 8.08. The lowest BCUT2D eigenvalue weighted by atomic mass is 10.1. The molecule has 0 aliphatic carbocycles. The molecule has 1 amide bonds. The van der Waals surface area contributed by atoms with Crippen LogP contribution >= 0.6 is 12.4 Å². The van der Waals surface area contributed by atoms with E-state index in [2.05, 4.69) is 22.8 Å². The normalized spacial score (nSPS) is 18.8. The zero-order valence-electron chi connectivity index (χ0n) is 10.2. The third-order valence-corrected chi connectivity index (χ3v) is 2.78. The number of nitrogens with one attached hydrogen (secondary N) is 2. The van der Waals surface area contributed by atoms with Crippen molar-refractivity contribution < 1.29 is 9.53 Å². The van der Waals surface area contributed by atoms with Crippen molar-refractivity contribution in [3.8, 4) is 0 Å². The number of carbonyl (C=O) groups excluding carboxylic acids is 1. The molecular weight excluding hydrogens is 252 g/mol. The van der Waals surface area contributed by atoms with Gasteiger partial charge < -0.3 is 15.4 Å². The molecule has 1 aliphatic heterocycles. The third-order valence-electron chi connectivity index (χ3n) is 2.78. The molecule has 4 nitrogen and oxygen atoms in total. The predicted molar refractivity (Wildman–Crippen MR) is 73.0 cm³/mol. The molecule has 1 aliphatic rings. The molecule has 2 N–H and O–H groups in total. The lowest BCUT2D eigenvalue weighted by Crippen LogP contribution is -2.48. The highest BCUT2D eigenvalue weighted by atomic mass is 35.5. The molecule has 0 saturated carbocycles. The standard InChI is InChI=1S/C13H18N2O2.ClH/c16-13(12-10-14-8-9-17-12)15-7-6-11-4-2-1-3-5-11;/h1-5,12,14H,6-10H2,(H,15,16);1H. The zero-order chi connectivity index (χ0) is 11.9. The van der Waals surface area contributed by atoms with Crippen molar-refractivity contribution in [2.75, 3.05) is 26.2 Å². The summed E-state index contributed by atoms with van der Waals surface area (Å²) in [6, 6.07) is 10.1. The Hall–Kier alpha value is -1.10. The number of ether oxygens (including phenoxy) is 1. The Morgan fingerprint density at radius 3 is 2.83 bits per heavy atom. The van der Waals surface area contributed by atoms with Gasteiger partial charge in [-0.15, -0.1) is 12.4 Å². The fourth-order valence-electron chi connectivity index (χ4n) is 1.82. The van der Waals surface area contributed by atoms with Crippen LogP contribution in [0, 0.1) is 0 Å². The summed E-state index contributed by atoms with van der Waals surface area (Å²) in [7, 11) is 0. The van der Waals surface area contributed by atoms with Crippen molar-refractivity contribution in [3.05, 3.63) is 35.9 Å². The van der Waals surface area contributed by atoms with Crippen LogP contribution in [-0.4, -0.2) is 38.3 Å². The SMILES string of the molecule is Cl.O=C(NCCc1ccccc1)C1CNCCO1. The summed E-state index contributed by atoms with van der Waals surface area (Å²) in [6.07, 6.45) is 0.520. The summed E-state index contributed by atoms with van der Waals surface area (Å²) in [5.74, 6) is -0.0202. The quantitative estimate of drug-likeness (QED) is 0.849. The summed E-state index contributed by atoms with van der Waals surface area (Å²) in [5, 5.41) is 6.03. The molecule has 1 atom stereocenters. The van der Waals surface area contributed by atoms with Gasteiger partial charge in [0.05, 0.1) is 6.61 Å². The molecule has 1 saturated heterocycles. The van der Waals surface area contributed by atoms with E-state index in [4.69, 9.17) is 4.74 Å². The first-order chi connectivity index (χ1) is 8.36. The fourth-order valence-corrected chi connectivity index (χ4v) is 1.82. The highest BCUT2D eigenvalue weighted by molar-refractivity contribution is 5.85. The zero-order valence-corrected chi connectivity index (χ0v) is 11.0. The summed E-state index contributed by atoms with van der Waals surface area (Å²) >= 11 is 0. The van der Waals surface area contributed by atoms with Gasteiger partial charge in [-0.1, -0.05) is 30.3 Å². The maximum atomic E-state index is 11.7. The molecule has 1 aromatic carbocycles. The molecule has 0 radical (unpaired) electrons. The first kappa shape index (κ1) is 15.0. The van der Waals surface area contributed by atoms with E-state index >= 15 is 0 Å². The number of carbonyl (C=O) groups is 1. The monoisotopic (exact) mass is 270 g/mol. The number of halogens is 1. The highest BCUT2D eigenvalue weighted by Gasteiger charge is 2.20. The fraction of sp³-hybridized carbons (Fsp3) is 0.462. The van der Waals surface area contributed by atoms with Crippen LogP contribution in [0.15, 0.2) is 30.3 Å². The number of benzene rings is 1. The second-order valence-corrected chi connectivity index (χ2v) is 4.09. The molecule has 5 heteroatoms. The van der Waals surface area contributed by atoms with E-state index in [0.717, 1.165) is 13.0 Å². The highest BCUT2D eigenvalue weighted by Crippen LogP contribution is 1.99. The minimum atomic E-state index is -0.334. The Morgan fingerprint density at radius 2 is 2.17 bits per heavy atom. The molecule has 1 fully saturated rings. The van der Waals surface area contributed by atoms with E-state index in [1.54, 1.807) is 0 Å². The van der Waals surface area contributed by atoms with E-state index in [9.17, 15) is 4.79 Å². The molecule has 0 aromatic heterocycles. The van der Waals surface area contributed by atoms with Gasteiger partial charge in [0.15, 0.2) is 0 Å². The molecule has 2 rings (SSSR count). The Kier molecular flexibility index (Phi) is 6.72. The van der Waals surface area contributed by atoms with Crippen molar-refractivity contribution in [2.24, 2.45) is 0 Å². The maximum Gasteiger partial charge on any atom is 0.250 e. The van der Waals surface area contributed by atoms with Crippen LogP contribution in [0.3, 0.4) is 0 Å². The van der Waals surface area contributed by atoms with Crippen LogP contribution in [0.1, 0.15) is 5.56 Å². The number of rotatable bonds is 4. The molecule has 100 valence electrons. The minimum absolute atomic E-state index is 0. The van der Waals surface area contributed by atoms with E-state index in [1.807, 2.05) is 18.2 Å². The van der Waals surface area contributed by atoms with Gasteiger partial charge in [-0.25, -0.2) is 0 Å². The summed E-state index contributed by atoms with van der Waals surface area (Å²) in [5.41, 5.74) is 1.23. The van der Waals surface area contributed by atoms with Crippen LogP contribution in [-0.2, 0) is 16.0 Å². The van der Waals surface area contributed by atoms with Crippen LogP contribution in [0.2, 0.25) is 0 Å². The number of amides is 1. The van der Waals surface area contributed by atoms with Gasteiger partial charge in [-0.2, -0.15) is 0 Å². The first-order valence-electron chi connectivity index (χ1n) is 6.00. The van der Waals surface area contributed by atoms with Gasteiger partial charge in [-0.05, 0) is 12.0 Å². The third kappa shape index (κ3) is 4.64.